The molecule has 0 atom stereocenters. The van der Waals surface area contributed by atoms with Gasteiger partial charge in [0.15, 0.2) is 0 Å². The van der Waals surface area contributed by atoms with Crippen LogP contribution in [0.1, 0.15) is 0 Å². The van der Waals surface area contributed by atoms with E-state index in [9.17, 15) is 0 Å². The van der Waals surface area contributed by atoms with Crippen molar-refractivity contribution in [3.8, 4) is 0 Å². The van der Waals surface area contributed by atoms with E-state index in [0.717, 1.165) is 0 Å². The van der Waals surface area contributed by atoms with Crippen molar-refractivity contribution in [3.63, 3.8) is 0 Å². The van der Waals surface area contributed by atoms with E-state index in [2.05, 4.69) is 0 Å². The maximum atomic E-state index is 7.23. The molecule has 0 aliphatic carbocycles. The molecule has 0 aromatic carbocycles. The van der Waals surface area contributed by atoms with Gasteiger partial charge in [-0.05, 0) is 0 Å². The van der Waals surface area contributed by atoms with Gasteiger partial charge in [-0.2, -0.15) is 0 Å². The predicted molar refractivity (Wildman–Crippen MR) is 54.3 cm³/mol. The average Bonchev–Trinajstić information content (AvgIpc) is 1.76. The highest BCUT2D eigenvalue weighted by Crippen LogP contribution is 2.12. The van der Waals surface area contributed by atoms with Gasteiger partial charge in [0.2, 0.25) is 0 Å². The van der Waals surface area contributed by atoms with Gasteiger partial charge < -0.3 is 58.7 Å². The van der Waals surface area contributed by atoms with E-state index in [4.69, 9.17) is 58.7 Å². The largest absolute Gasteiger partial charge is 0.328 e. The molecule has 0 aliphatic rings. The Balaban J connectivity index is -0.0000000600. The molecule has 0 amide bonds. The van der Waals surface area contributed by atoms with Gasteiger partial charge in [0.05, 0.1) is 0 Å². The van der Waals surface area contributed by atoms with E-state index in [1.807, 2.05) is 0 Å². The fourth-order valence-electron chi connectivity index (χ4n) is 0. The molecule has 0 aliphatic heterocycles. The van der Waals surface area contributed by atoms with Crippen molar-refractivity contribution in [1.29, 1.82) is 0 Å². The lowest BCUT2D eigenvalue weighted by Crippen LogP contribution is -1.54. The first-order valence-corrected chi connectivity index (χ1v) is 7.20. The van der Waals surface area contributed by atoms with Crippen LogP contribution >= 0.6 is 34.4 Å². The Labute approximate surface area is 94.0 Å². The minimum atomic E-state index is -2.62. The van der Waals surface area contributed by atoms with Crippen LogP contribution < -0.4 is 0 Å². The van der Waals surface area contributed by atoms with Gasteiger partial charge in [-0.25, -0.2) is 0 Å². The monoisotopic (exact) mass is 328 g/mol. The molecule has 12 N–H and O–H groups in total. The van der Waals surface area contributed by atoms with E-state index in [0.29, 0.717) is 0 Å². The van der Waals surface area contributed by atoms with Crippen LogP contribution in [0, 0.1) is 0 Å². The minimum Gasteiger partial charge on any atom is -0.328 e. The molecule has 0 rings (SSSR count). The fourth-order valence-corrected chi connectivity index (χ4v) is 0. The van der Waals surface area contributed by atoms with E-state index >= 15 is 0 Å². The molecule has 12 nitrogen and oxygen atoms in total. The van der Waals surface area contributed by atoms with Crippen LogP contribution in [-0.4, -0.2) is 58.7 Å². The molecule has 0 bridgehead atoms. The normalized spacial score (nSPS) is 9.00. The van der Waals surface area contributed by atoms with Crippen molar-refractivity contribution in [2.75, 3.05) is 0 Å². The molecule has 0 saturated heterocycles. The lowest BCUT2D eigenvalue weighted by molar-refractivity contribution is 0.366. The summed E-state index contributed by atoms with van der Waals surface area (Å²) >= 11 is 0. The lowest BCUT2D eigenvalue weighted by atomic mass is 15.8. The lowest BCUT2D eigenvalue weighted by Gasteiger charge is -1.76. The van der Waals surface area contributed by atoms with Crippen LogP contribution in [0.25, 0.3) is 0 Å². The summed E-state index contributed by atoms with van der Waals surface area (Å²) in [6.07, 6.45) is 0. The third kappa shape index (κ3) is 2010. The van der Waals surface area contributed by atoms with Gasteiger partial charge >= 0.3 is 34.4 Å². The van der Waals surface area contributed by atoms with Crippen molar-refractivity contribution in [2.45, 2.75) is 0 Å². The smallest absolute Gasteiger partial charge is 0.324 e. The predicted octanol–water partition coefficient (Wildman–Crippen LogP) is -3.24. The van der Waals surface area contributed by atoms with Crippen molar-refractivity contribution in [3.05, 3.63) is 0 Å². The summed E-state index contributed by atoms with van der Waals surface area (Å²) in [6, 6.07) is 0. The Bertz CT molecular complexity index is 56.0. The SMILES string of the molecule is OP(O)O.OP(O)O.OP(O)O.OP(O)O. The van der Waals surface area contributed by atoms with Crippen LogP contribution in [0.3, 0.4) is 0 Å². The first-order valence-electron chi connectivity index (χ1n) is 2.40. The Morgan fingerprint density at radius 3 is 0.250 bits per heavy atom. The van der Waals surface area contributed by atoms with Crippen molar-refractivity contribution in [2.24, 2.45) is 0 Å². The Morgan fingerprint density at radius 2 is 0.250 bits per heavy atom. The van der Waals surface area contributed by atoms with E-state index in [1.54, 1.807) is 0 Å². The average molecular weight is 328 g/mol. The maximum absolute atomic E-state index is 7.23. The minimum absolute atomic E-state index is 2.62. The molecule has 0 aromatic heterocycles. The quantitative estimate of drug-likeness (QED) is 0.196. The van der Waals surface area contributed by atoms with Gasteiger partial charge in [-0.1, -0.05) is 0 Å². The van der Waals surface area contributed by atoms with Crippen molar-refractivity contribution in [1.82, 2.24) is 0 Å². The van der Waals surface area contributed by atoms with Crippen LogP contribution in [0.4, 0.5) is 0 Å². The molecular formula is H12O12P4. The molecule has 0 heterocycles. The molecule has 16 heavy (non-hydrogen) atoms. The molecule has 0 spiro atoms. The fraction of sp³-hybridized carbons (Fsp3) is 0. The van der Waals surface area contributed by atoms with Crippen molar-refractivity contribution >= 4 is 34.4 Å². The summed E-state index contributed by atoms with van der Waals surface area (Å²) in [5, 5.41) is 0. The number of hydrogen-bond donors (Lipinski definition) is 12. The second-order valence-electron chi connectivity index (χ2n) is 1.07. The van der Waals surface area contributed by atoms with Crippen LogP contribution in [0.5, 0.6) is 0 Å². The maximum Gasteiger partial charge on any atom is 0.324 e. The van der Waals surface area contributed by atoms with Crippen molar-refractivity contribution < 1.29 is 58.7 Å². The highest BCUT2D eigenvalue weighted by molar-refractivity contribution is 7.38. The summed E-state index contributed by atoms with van der Waals surface area (Å²) < 4.78 is 0. The highest BCUT2D eigenvalue weighted by atomic mass is 31.2. The summed E-state index contributed by atoms with van der Waals surface area (Å²) in [7, 11) is -10.5. The van der Waals surface area contributed by atoms with E-state index < -0.39 is 34.4 Å². The summed E-state index contributed by atoms with van der Waals surface area (Å²) in [6.45, 7) is 0. The molecule has 0 aromatic rings. The van der Waals surface area contributed by atoms with Gasteiger partial charge in [0, 0.05) is 0 Å². The van der Waals surface area contributed by atoms with Gasteiger partial charge in [-0.15, -0.1) is 0 Å². The summed E-state index contributed by atoms with van der Waals surface area (Å²) in [5.41, 5.74) is 0. The highest BCUT2D eigenvalue weighted by Gasteiger charge is 1.77. The zero-order chi connectivity index (χ0) is 14.3. The number of hydrogen-bond acceptors (Lipinski definition) is 12. The topological polar surface area (TPSA) is 243 Å². The molecule has 0 saturated carbocycles. The third-order valence-corrected chi connectivity index (χ3v) is 0. The van der Waals surface area contributed by atoms with E-state index in [1.165, 1.54) is 0 Å². The van der Waals surface area contributed by atoms with Gasteiger partial charge in [0.1, 0.15) is 0 Å². The third-order valence-electron chi connectivity index (χ3n) is 0. The van der Waals surface area contributed by atoms with Gasteiger partial charge in [0.25, 0.3) is 0 Å². The summed E-state index contributed by atoms with van der Waals surface area (Å²) in [5.74, 6) is 0. The Kier molecular flexibility index (Phi) is 34.9. The number of rotatable bonds is 0. The first kappa shape index (κ1) is 25.9. The van der Waals surface area contributed by atoms with Gasteiger partial charge in [-0.3, -0.25) is 0 Å². The molecule has 0 radical (unpaired) electrons. The van der Waals surface area contributed by atoms with Crippen LogP contribution in [0.2, 0.25) is 0 Å². The molecule has 104 valence electrons. The summed E-state index contributed by atoms with van der Waals surface area (Å²) in [4.78, 5) is 86.8. The Hall–Kier alpha value is 1.24. The second kappa shape index (κ2) is 21.5. The standard InChI is InChI=1S/4H3O3P/c4*1-4(2)3/h4*1-3H. The zero-order valence-corrected chi connectivity index (χ0v) is 10.7. The second-order valence-corrected chi connectivity index (χ2v) is 3.22. The first-order chi connectivity index (χ1) is 6.93. The zero-order valence-electron chi connectivity index (χ0n) is 7.16. The molecule has 0 unspecified atom stereocenters. The Morgan fingerprint density at radius 1 is 0.250 bits per heavy atom. The van der Waals surface area contributed by atoms with Crippen LogP contribution in [0.15, 0.2) is 0 Å². The molecule has 0 fully saturated rings. The molecular weight excluding hydrogens is 316 g/mol. The van der Waals surface area contributed by atoms with E-state index in [-0.39, 0.29) is 0 Å². The van der Waals surface area contributed by atoms with Crippen LogP contribution in [-0.2, 0) is 0 Å². The molecule has 16 heteroatoms.